The van der Waals surface area contributed by atoms with Gasteiger partial charge in [0.2, 0.25) is 5.24 Å². The number of carbonyl (C=O) groups is 2. The van der Waals surface area contributed by atoms with Gasteiger partial charge in [0.05, 0.1) is 5.83 Å². The molecular weight excluding hydrogens is 490 g/mol. The summed E-state index contributed by atoms with van der Waals surface area (Å²) in [5.74, 6) is -0.768. The van der Waals surface area contributed by atoms with Crippen LogP contribution in [0, 0.1) is 35.0 Å². The lowest BCUT2D eigenvalue weighted by Crippen LogP contribution is -2.37. The maximum atomic E-state index is 15.9. The molecule has 3 rings (SSSR count). The Morgan fingerprint density at radius 3 is 1.81 bits per heavy atom. The van der Waals surface area contributed by atoms with Crippen LogP contribution >= 0.6 is 11.6 Å². The van der Waals surface area contributed by atoms with Crippen LogP contribution in [0.2, 0.25) is 0 Å². The predicted octanol–water partition coefficient (Wildman–Crippen LogP) is 10.1. The van der Waals surface area contributed by atoms with Crippen molar-refractivity contribution < 1.29 is 18.4 Å². The Kier molecular flexibility index (Phi) is 13.1. The molecule has 2 saturated carbocycles. The molecule has 0 N–H and O–H groups in total. The Morgan fingerprint density at radius 1 is 0.838 bits per heavy atom. The van der Waals surface area contributed by atoms with Gasteiger partial charge in [0.15, 0.2) is 0 Å². The van der Waals surface area contributed by atoms with E-state index in [9.17, 15) is 9.59 Å². The Morgan fingerprint density at radius 2 is 1.32 bits per heavy atom. The van der Waals surface area contributed by atoms with Crippen LogP contribution in [0.3, 0.4) is 0 Å². The van der Waals surface area contributed by atoms with E-state index in [0.29, 0.717) is 6.42 Å². The zero-order valence-electron chi connectivity index (χ0n) is 23.2. The van der Waals surface area contributed by atoms with E-state index in [0.717, 1.165) is 57.7 Å². The minimum atomic E-state index is -1.22. The van der Waals surface area contributed by atoms with Crippen molar-refractivity contribution in [1.82, 2.24) is 0 Å². The molecule has 0 saturated heterocycles. The highest BCUT2D eigenvalue weighted by molar-refractivity contribution is 6.63. The maximum absolute atomic E-state index is 15.9. The predicted molar refractivity (Wildman–Crippen MR) is 149 cm³/mol. The van der Waals surface area contributed by atoms with Gasteiger partial charge in [-0.05, 0) is 73.5 Å². The Bertz CT molecular complexity index is 720. The van der Waals surface area contributed by atoms with Gasteiger partial charge in [-0.2, -0.15) is 0 Å². The maximum Gasteiger partial charge on any atom is 0.224 e. The fourth-order valence-electron chi connectivity index (χ4n) is 7.76. The van der Waals surface area contributed by atoms with E-state index < -0.39 is 22.7 Å². The van der Waals surface area contributed by atoms with Crippen LogP contribution in [-0.4, -0.2) is 17.7 Å². The van der Waals surface area contributed by atoms with Gasteiger partial charge in [0.25, 0.3) is 0 Å². The third-order valence-corrected chi connectivity index (χ3v) is 10.3. The largest absolute Gasteiger partial charge is 0.303 e. The molecule has 3 aliphatic rings. The summed E-state index contributed by atoms with van der Waals surface area (Å²) in [4.78, 5) is 25.1. The molecule has 212 valence electrons. The molecule has 0 bridgehead atoms. The molecule has 0 heterocycles. The minimum Gasteiger partial charge on any atom is -0.303 e. The lowest BCUT2D eigenvalue weighted by molar-refractivity contribution is -0.121. The highest BCUT2D eigenvalue weighted by Gasteiger charge is 2.42. The molecule has 2 nitrogen and oxygen atoms in total. The average molecular weight is 541 g/mol. The third-order valence-electron chi connectivity index (χ3n) is 9.96. The molecule has 2 fully saturated rings. The molecule has 3 aliphatic carbocycles. The second-order valence-electron chi connectivity index (χ2n) is 12.9. The normalized spacial score (nSPS) is 36.7. The van der Waals surface area contributed by atoms with E-state index in [1.165, 1.54) is 51.4 Å². The smallest absolute Gasteiger partial charge is 0.224 e. The van der Waals surface area contributed by atoms with E-state index >= 15 is 8.78 Å². The van der Waals surface area contributed by atoms with E-state index in [1.807, 2.05) is 6.92 Å². The second kappa shape index (κ2) is 15.7. The van der Waals surface area contributed by atoms with Crippen molar-refractivity contribution in [3.8, 4) is 0 Å². The van der Waals surface area contributed by atoms with Crippen molar-refractivity contribution in [1.29, 1.82) is 0 Å². The van der Waals surface area contributed by atoms with Crippen molar-refractivity contribution in [2.75, 3.05) is 0 Å². The molecule has 0 aliphatic heterocycles. The summed E-state index contributed by atoms with van der Waals surface area (Å²) < 4.78 is 31.7. The summed E-state index contributed by atoms with van der Waals surface area (Å²) >= 11 is 6.06. The highest BCUT2D eigenvalue weighted by atomic mass is 35.5. The Balaban J connectivity index is 1.93. The number of allylic oxidation sites excluding steroid dienone is 2. The van der Waals surface area contributed by atoms with Gasteiger partial charge in [-0.25, -0.2) is 8.78 Å². The van der Waals surface area contributed by atoms with Gasteiger partial charge in [-0.3, -0.25) is 4.79 Å². The molecule has 0 aromatic heterocycles. The summed E-state index contributed by atoms with van der Waals surface area (Å²) in [7, 11) is 0. The first-order valence-corrected chi connectivity index (χ1v) is 15.9. The fourth-order valence-corrected chi connectivity index (χ4v) is 7.94. The molecule has 0 radical (unpaired) electrons. The van der Waals surface area contributed by atoms with Gasteiger partial charge in [0.1, 0.15) is 12.5 Å². The van der Waals surface area contributed by atoms with E-state index in [4.69, 9.17) is 11.6 Å². The first kappa shape index (κ1) is 30.8. The molecule has 5 heteroatoms. The average Bonchev–Trinajstić information content (AvgIpc) is 3.08. The van der Waals surface area contributed by atoms with Crippen LogP contribution < -0.4 is 0 Å². The number of alkyl halides is 1. The van der Waals surface area contributed by atoms with Crippen molar-refractivity contribution in [2.45, 2.75) is 142 Å². The van der Waals surface area contributed by atoms with Gasteiger partial charge in [-0.15, -0.1) is 0 Å². The van der Waals surface area contributed by atoms with Gasteiger partial charge in [-0.1, -0.05) is 96.8 Å². The van der Waals surface area contributed by atoms with E-state index in [-0.39, 0.29) is 48.8 Å². The third kappa shape index (κ3) is 9.73. The monoisotopic (exact) mass is 540 g/mol. The number of aldehydes is 1. The molecule has 0 amide bonds. The van der Waals surface area contributed by atoms with Crippen molar-refractivity contribution in [2.24, 2.45) is 35.0 Å². The Labute approximate surface area is 229 Å². The summed E-state index contributed by atoms with van der Waals surface area (Å²) in [6.07, 6.45) is 20.1. The molecule has 0 aromatic rings. The van der Waals surface area contributed by atoms with Crippen LogP contribution in [0.5, 0.6) is 0 Å². The summed E-state index contributed by atoms with van der Waals surface area (Å²) in [6, 6.07) is 0. The summed E-state index contributed by atoms with van der Waals surface area (Å²) in [5.41, 5.74) is -0.947. The van der Waals surface area contributed by atoms with Gasteiger partial charge >= 0.3 is 0 Å². The van der Waals surface area contributed by atoms with Crippen LogP contribution in [0.1, 0.15) is 135 Å². The van der Waals surface area contributed by atoms with Crippen molar-refractivity contribution in [3.63, 3.8) is 0 Å². The number of carbonyl (C=O) groups excluding carboxylic acids is 2. The van der Waals surface area contributed by atoms with Crippen LogP contribution in [-0.2, 0) is 9.59 Å². The number of rotatable bonds is 4. The standard InChI is InChI=1S/C32H51ClF2O2/c1-32(23-36)22-29(35)19-26(24-14-10-6-2-3-7-11-15-24)18-27(31(33)37)20-28(34)21-30(32)25-16-12-8-4-5-9-13-17-25/h19,23-28,30H,2-18,20-22H2,1H3/b29-19+. The topological polar surface area (TPSA) is 34.1 Å². The van der Waals surface area contributed by atoms with Crippen molar-refractivity contribution in [3.05, 3.63) is 11.9 Å². The second-order valence-corrected chi connectivity index (χ2v) is 13.3. The van der Waals surface area contributed by atoms with E-state index in [2.05, 4.69) is 0 Å². The first-order chi connectivity index (χ1) is 17.8. The summed E-state index contributed by atoms with van der Waals surface area (Å²) in [6.45, 7) is 1.86. The van der Waals surface area contributed by atoms with Crippen LogP contribution in [0.4, 0.5) is 8.78 Å². The van der Waals surface area contributed by atoms with Crippen LogP contribution in [0.25, 0.3) is 0 Å². The molecule has 37 heavy (non-hydrogen) atoms. The molecule has 5 unspecified atom stereocenters. The minimum absolute atomic E-state index is 0.0348. The fraction of sp³-hybridized carbons (Fsp3) is 0.875. The number of hydrogen-bond donors (Lipinski definition) is 0. The molecule has 0 aromatic carbocycles. The van der Waals surface area contributed by atoms with E-state index in [1.54, 1.807) is 6.08 Å². The zero-order valence-corrected chi connectivity index (χ0v) is 24.0. The van der Waals surface area contributed by atoms with Gasteiger partial charge in [0, 0.05) is 17.8 Å². The molecule has 5 atom stereocenters. The highest BCUT2D eigenvalue weighted by Crippen LogP contribution is 2.47. The lowest BCUT2D eigenvalue weighted by atomic mass is 9.64. The summed E-state index contributed by atoms with van der Waals surface area (Å²) in [5, 5.41) is -0.499. The number of halogens is 3. The molecule has 0 spiro atoms. The van der Waals surface area contributed by atoms with Crippen LogP contribution in [0.15, 0.2) is 11.9 Å². The Hall–Kier alpha value is -0.770. The lowest BCUT2D eigenvalue weighted by Gasteiger charge is -2.39. The zero-order chi connectivity index (χ0) is 26.7. The first-order valence-electron chi connectivity index (χ1n) is 15.5. The van der Waals surface area contributed by atoms with Crippen molar-refractivity contribution >= 4 is 23.1 Å². The molecular formula is C32H51ClF2O2. The SMILES string of the molecule is CC1(C=O)C/C(F)=C\C(C2CCCCCCCC2)CC(C(=O)Cl)CC(F)CC1C1CCCCCCCC1. The number of hydrogen-bond acceptors (Lipinski definition) is 2. The van der Waals surface area contributed by atoms with Gasteiger partial charge < -0.3 is 4.79 Å². The quantitative estimate of drug-likeness (QED) is 0.262.